The van der Waals surface area contributed by atoms with E-state index in [9.17, 15) is 14.4 Å². The van der Waals surface area contributed by atoms with Crippen molar-refractivity contribution in [3.8, 4) is 0 Å². The van der Waals surface area contributed by atoms with Crippen LogP contribution in [0.25, 0.3) is 0 Å². The molecule has 3 amide bonds. The summed E-state index contributed by atoms with van der Waals surface area (Å²) in [6.45, 7) is 1.50. The Balaban J connectivity index is 1.59. The van der Waals surface area contributed by atoms with Gasteiger partial charge in [0.15, 0.2) is 0 Å². The molecule has 2 aromatic carbocycles. The Bertz CT molecular complexity index is 865. The Morgan fingerprint density at radius 3 is 1.97 bits per heavy atom. The second-order valence-corrected chi connectivity index (χ2v) is 7.22. The van der Waals surface area contributed by atoms with Crippen LogP contribution in [0.1, 0.15) is 45.4 Å². The van der Waals surface area contributed by atoms with Gasteiger partial charge in [0.25, 0.3) is 0 Å². The van der Waals surface area contributed by atoms with Gasteiger partial charge < -0.3 is 21.3 Å². The van der Waals surface area contributed by atoms with E-state index >= 15 is 0 Å². The molecule has 0 heterocycles. The van der Waals surface area contributed by atoms with Crippen molar-refractivity contribution in [3.63, 3.8) is 0 Å². The predicted molar refractivity (Wildman–Crippen MR) is 121 cm³/mol. The number of nitrogens with zero attached hydrogens (tertiary/aromatic N) is 1. The first kappa shape index (κ1) is 22.9. The number of nitrogens with one attached hydrogen (secondary N) is 2. The monoisotopic (exact) mass is 410 g/mol. The number of hydrogen-bond acceptors (Lipinski definition) is 4. The molecule has 0 atom stereocenters. The van der Waals surface area contributed by atoms with Crippen molar-refractivity contribution >= 4 is 40.5 Å². The summed E-state index contributed by atoms with van der Waals surface area (Å²) in [6.07, 6.45) is 4.17. The van der Waals surface area contributed by atoms with Crippen molar-refractivity contribution in [2.24, 2.45) is 0 Å². The lowest BCUT2D eigenvalue weighted by molar-refractivity contribution is -0.117. The van der Waals surface area contributed by atoms with Crippen LogP contribution < -0.4 is 21.3 Å². The number of amides is 3. The van der Waals surface area contributed by atoms with Gasteiger partial charge in [-0.15, -0.1) is 0 Å². The zero-order valence-corrected chi connectivity index (χ0v) is 17.6. The Hall–Kier alpha value is -3.35. The second kappa shape index (κ2) is 11.6. The van der Waals surface area contributed by atoms with Crippen LogP contribution in [0.3, 0.4) is 0 Å². The molecule has 7 nitrogen and oxygen atoms in total. The van der Waals surface area contributed by atoms with Crippen LogP contribution in [-0.4, -0.2) is 24.8 Å². The number of hydrogen-bond donors (Lipinski definition) is 3. The minimum absolute atomic E-state index is 0.0417. The van der Waals surface area contributed by atoms with Gasteiger partial charge in [-0.3, -0.25) is 14.4 Å². The molecule has 0 saturated heterocycles. The molecular weight excluding hydrogens is 380 g/mol. The fourth-order valence-electron chi connectivity index (χ4n) is 2.92. The molecule has 4 N–H and O–H groups in total. The lowest BCUT2D eigenvalue weighted by Crippen LogP contribution is -2.22. The first-order chi connectivity index (χ1) is 14.4. The number of unbranched alkanes of at least 4 members (excludes halogenated alkanes) is 3. The van der Waals surface area contributed by atoms with Gasteiger partial charge in [0.1, 0.15) is 0 Å². The van der Waals surface area contributed by atoms with Crippen molar-refractivity contribution in [2.45, 2.75) is 45.4 Å². The Labute approximate surface area is 177 Å². The SMILES string of the molecule is CC(=O)N(C)c1ccc(NC(=O)CCCCCCC(=O)Nc2ccccc2N)cc1. The highest BCUT2D eigenvalue weighted by atomic mass is 16.2. The Morgan fingerprint density at radius 1 is 0.833 bits per heavy atom. The standard InChI is InChI=1S/C23H30N4O3/c1-17(28)27(2)19-15-13-18(14-16-19)25-22(29)11-5-3-4-6-12-23(30)26-21-10-8-7-9-20(21)24/h7-10,13-16H,3-6,11-12,24H2,1-2H3,(H,25,29)(H,26,30). The molecule has 0 aliphatic rings. The van der Waals surface area contributed by atoms with Crippen molar-refractivity contribution in [3.05, 3.63) is 48.5 Å². The van der Waals surface area contributed by atoms with Crippen molar-refractivity contribution in [1.82, 2.24) is 0 Å². The van der Waals surface area contributed by atoms with Crippen LogP contribution in [0, 0.1) is 0 Å². The highest BCUT2D eigenvalue weighted by molar-refractivity contribution is 5.94. The highest BCUT2D eigenvalue weighted by Crippen LogP contribution is 2.18. The van der Waals surface area contributed by atoms with Crippen LogP contribution in [0.5, 0.6) is 0 Å². The smallest absolute Gasteiger partial charge is 0.224 e. The van der Waals surface area contributed by atoms with E-state index in [1.165, 1.54) is 6.92 Å². The fourth-order valence-corrected chi connectivity index (χ4v) is 2.92. The first-order valence-corrected chi connectivity index (χ1v) is 10.2. The van der Waals surface area contributed by atoms with Gasteiger partial charge in [-0.2, -0.15) is 0 Å². The lowest BCUT2D eigenvalue weighted by atomic mass is 10.1. The van der Waals surface area contributed by atoms with Crippen molar-refractivity contribution in [2.75, 3.05) is 28.3 Å². The summed E-state index contributed by atoms with van der Waals surface area (Å²) in [4.78, 5) is 36.9. The average Bonchev–Trinajstić information content (AvgIpc) is 2.72. The van der Waals surface area contributed by atoms with Crippen LogP contribution in [-0.2, 0) is 14.4 Å². The van der Waals surface area contributed by atoms with Crippen LogP contribution in [0.2, 0.25) is 0 Å². The zero-order chi connectivity index (χ0) is 21.9. The third-order valence-electron chi connectivity index (χ3n) is 4.80. The molecule has 30 heavy (non-hydrogen) atoms. The van der Waals surface area contributed by atoms with Crippen LogP contribution >= 0.6 is 0 Å². The molecule has 7 heteroatoms. The van der Waals surface area contributed by atoms with E-state index in [4.69, 9.17) is 5.73 Å². The summed E-state index contributed by atoms with van der Waals surface area (Å²) in [6, 6.07) is 14.3. The molecule has 0 aliphatic carbocycles. The van der Waals surface area contributed by atoms with Gasteiger partial charge in [0.2, 0.25) is 17.7 Å². The lowest BCUT2D eigenvalue weighted by Gasteiger charge is -2.15. The quantitative estimate of drug-likeness (QED) is 0.404. The maximum absolute atomic E-state index is 12.1. The number of anilines is 4. The van der Waals surface area contributed by atoms with Gasteiger partial charge in [0.05, 0.1) is 11.4 Å². The summed E-state index contributed by atoms with van der Waals surface area (Å²) in [5.41, 5.74) is 8.49. The number of nitrogens with two attached hydrogens (primary N) is 1. The number of rotatable bonds is 10. The maximum atomic E-state index is 12.1. The van der Waals surface area contributed by atoms with E-state index in [2.05, 4.69) is 10.6 Å². The normalized spacial score (nSPS) is 10.3. The molecule has 0 fully saturated rings. The summed E-state index contributed by atoms with van der Waals surface area (Å²) in [7, 11) is 1.71. The second-order valence-electron chi connectivity index (χ2n) is 7.22. The number of para-hydroxylation sites is 2. The fraction of sp³-hybridized carbons (Fsp3) is 0.348. The molecule has 0 bridgehead atoms. The average molecular weight is 411 g/mol. The molecule has 2 rings (SSSR count). The largest absolute Gasteiger partial charge is 0.397 e. The molecule has 0 unspecified atom stereocenters. The number of carbonyl (C=O) groups excluding carboxylic acids is 3. The van der Waals surface area contributed by atoms with E-state index in [1.807, 2.05) is 12.1 Å². The highest BCUT2D eigenvalue weighted by Gasteiger charge is 2.07. The third-order valence-corrected chi connectivity index (χ3v) is 4.80. The van der Waals surface area contributed by atoms with E-state index in [0.29, 0.717) is 29.9 Å². The van der Waals surface area contributed by atoms with Crippen LogP contribution in [0.15, 0.2) is 48.5 Å². The maximum Gasteiger partial charge on any atom is 0.224 e. The Kier molecular flexibility index (Phi) is 8.87. The third kappa shape index (κ3) is 7.58. The van der Waals surface area contributed by atoms with E-state index in [1.54, 1.807) is 48.3 Å². The van der Waals surface area contributed by atoms with Gasteiger partial charge in [-0.1, -0.05) is 25.0 Å². The van der Waals surface area contributed by atoms with E-state index < -0.39 is 0 Å². The van der Waals surface area contributed by atoms with Crippen LogP contribution in [0.4, 0.5) is 22.7 Å². The topological polar surface area (TPSA) is 105 Å². The molecule has 0 spiro atoms. The zero-order valence-electron chi connectivity index (χ0n) is 17.6. The van der Waals surface area contributed by atoms with Crippen molar-refractivity contribution < 1.29 is 14.4 Å². The summed E-state index contributed by atoms with van der Waals surface area (Å²) in [5, 5.41) is 5.67. The molecule has 0 aliphatic heterocycles. The van der Waals surface area contributed by atoms with E-state index in [0.717, 1.165) is 31.4 Å². The molecular formula is C23H30N4O3. The Morgan fingerprint density at radius 2 is 1.40 bits per heavy atom. The molecule has 2 aromatic rings. The van der Waals surface area contributed by atoms with Gasteiger partial charge in [0, 0.05) is 38.2 Å². The van der Waals surface area contributed by atoms with E-state index in [-0.39, 0.29) is 17.7 Å². The first-order valence-electron chi connectivity index (χ1n) is 10.2. The molecule has 0 saturated carbocycles. The summed E-state index contributed by atoms with van der Waals surface area (Å²) >= 11 is 0. The number of nitrogen functional groups attached to an aromatic ring is 1. The van der Waals surface area contributed by atoms with Gasteiger partial charge in [-0.05, 0) is 49.2 Å². The molecule has 0 aromatic heterocycles. The van der Waals surface area contributed by atoms with Gasteiger partial charge in [-0.25, -0.2) is 0 Å². The summed E-state index contributed by atoms with van der Waals surface area (Å²) in [5.74, 6) is -0.141. The summed E-state index contributed by atoms with van der Waals surface area (Å²) < 4.78 is 0. The van der Waals surface area contributed by atoms with Crippen molar-refractivity contribution in [1.29, 1.82) is 0 Å². The minimum atomic E-state index is -0.0514. The minimum Gasteiger partial charge on any atom is -0.397 e. The molecule has 160 valence electrons. The van der Waals surface area contributed by atoms with Gasteiger partial charge >= 0.3 is 0 Å². The molecule has 0 radical (unpaired) electrons. The number of carbonyl (C=O) groups is 3. The predicted octanol–water partition coefficient (Wildman–Crippen LogP) is 4.17. The number of benzene rings is 2.